The molecule has 0 saturated carbocycles. The second-order valence-corrected chi connectivity index (χ2v) is 7.32. The molecular formula is C19H27N5O. The van der Waals surface area contributed by atoms with Crippen LogP contribution < -0.4 is 0 Å². The molecule has 0 spiro atoms. The molecule has 2 aromatic rings. The molecule has 1 saturated heterocycles. The number of benzene rings is 1. The zero-order valence-corrected chi connectivity index (χ0v) is 14.7. The van der Waals surface area contributed by atoms with Crippen LogP contribution in [0.15, 0.2) is 36.9 Å². The van der Waals surface area contributed by atoms with E-state index in [0.29, 0.717) is 6.04 Å². The van der Waals surface area contributed by atoms with Gasteiger partial charge in [-0.1, -0.05) is 24.3 Å². The van der Waals surface area contributed by atoms with Gasteiger partial charge in [-0.05, 0) is 36.9 Å². The highest BCUT2D eigenvalue weighted by Crippen LogP contribution is 2.21. The number of hydrogen-bond acceptors (Lipinski definition) is 5. The smallest absolute Gasteiger partial charge is 0.137 e. The summed E-state index contributed by atoms with van der Waals surface area (Å²) >= 11 is 0. The number of nitrogens with zero attached hydrogens (tertiary/aromatic N) is 5. The van der Waals surface area contributed by atoms with Gasteiger partial charge in [0.15, 0.2) is 0 Å². The molecule has 1 aromatic heterocycles. The Bertz CT molecular complexity index is 674. The standard InChI is InChI=1S/C19H27N5O/c25-19(12-22-9-7-16-4-1-2-5-17(16)10-22)13-23-8-3-6-18(23)11-24-15-20-14-21-24/h1-2,4-5,14-15,18-19,25H,3,6-13H2/t18-,19+/m0/s1. The number of fused-ring (bicyclic) bond motifs is 1. The van der Waals surface area contributed by atoms with Crippen molar-refractivity contribution in [1.29, 1.82) is 0 Å². The molecule has 0 unspecified atom stereocenters. The van der Waals surface area contributed by atoms with Gasteiger partial charge in [0, 0.05) is 32.2 Å². The Balaban J connectivity index is 1.29. The second kappa shape index (κ2) is 7.64. The Kier molecular flexibility index (Phi) is 5.10. The highest BCUT2D eigenvalue weighted by atomic mass is 16.3. The fraction of sp³-hybridized carbons (Fsp3) is 0.579. The average molecular weight is 341 g/mol. The van der Waals surface area contributed by atoms with Crippen LogP contribution in [0.5, 0.6) is 0 Å². The van der Waals surface area contributed by atoms with Crippen molar-refractivity contribution in [3.63, 3.8) is 0 Å². The van der Waals surface area contributed by atoms with E-state index in [-0.39, 0.29) is 6.10 Å². The van der Waals surface area contributed by atoms with E-state index < -0.39 is 0 Å². The molecule has 2 aliphatic rings. The average Bonchev–Trinajstić information content (AvgIpc) is 3.28. The minimum absolute atomic E-state index is 0.304. The van der Waals surface area contributed by atoms with Crippen LogP contribution in [0.1, 0.15) is 24.0 Å². The SMILES string of the molecule is O[C@H](CN1CCc2ccccc2C1)CN1CCC[C@H]1Cn1cncn1. The fourth-order valence-corrected chi connectivity index (χ4v) is 4.22. The Morgan fingerprint density at radius 2 is 2.04 bits per heavy atom. The van der Waals surface area contributed by atoms with Gasteiger partial charge in [-0.25, -0.2) is 4.98 Å². The minimum atomic E-state index is -0.304. The van der Waals surface area contributed by atoms with Gasteiger partial charge in [-0.2, -0.15) is 5.10 Å². The van der Waals surface area contributed by atoms with E-state index in [0.717, 1.165) is 45.7 Å². The van der Waals surface area contributed by atoms with Gasteiger partial charge >= 0.3 is 0 Å². The summed E-state index contributed by atoms with van der Waals surface area (Å²) in [4.78, 5) is 8.83. The van der Waals surface area contributed by atoms with Crippen molar-refractivity contribution in [2.75, 3.05) is 26.2 Å². The number of β-amino-alcohol motifs (C(OH)–C–C–N with tert-alkyl or cyclic N) is 1. The Labute approximate surface area is 149 Å². The lowest BCUT2D eigenvalue weighted by Crippen LogP contribution is -2.44. The van der Waals surface area contributed by atoms with Crippen LogP contribution in [0, 0.1) is 0 Å². The first kappa shape index (κ1) is 16.7. The van der Waals surface area contributed by atoms with Gasteiger partial charge < -0.3 is 5.11 Å². The van der Waals surface area contributed by atoms with Crippen LogP contribution in [-0.2, 0) is 19.5 Å². The first-order chi connectivity index (χ1) is 12.3. The van der Waals surface area contributed by atoms with Gasteiger partial charge in [0.2, 0.25) is 0 Å². The van der Waals surface area contributed by atoms with Crippen molar-refractivity contribution >= 4 is 0 Å². The third kappa shape index (κ3) is 4.08. The molecule has 0 radical (unpaired) electrons. The van der Waals surface area contributed by atoms with Crippen LogP contribution in [-0.4, -0.2) is 68.0 Å². The van der Waals surface area contributed by atoms with Gasteiger partial charge in [-0.15, -0.1) is 0 Å². The number of aromatic nitrogens is 3. The molecular weight excluding hydrogens is 314 g/mol. The topological polar surface area (TPSA) is 57.4 Å². The molecule has 2 atom stereocenters. The molecule has 0 aliphatic carbocycles. The third-order valence-electron chi connectivity index (χ3n) is 5.49. The summed E-state index contributed by atoms with van der Waals surface area (Å²) in [6.07, 6.45) is 6.51. The second-order valence-electron chi connectivity index (χ2n) is 7.32. The largest absolute Gasteiger partial charge is 0.390 e. The molecule has 1 aromatic carbocycles. The summed E-state index contributed by atoms with van der Waals surface area (Å²) in [6, 6.07) is 9.12. The van der Waals surface area contributed by atoms with Crippen molar-refractivity contribution < 1.29 is 5.11 Å². The summed E-state index contributed by atoms with van der Waals surface area (Å²) in [6.45, 7) is 5.42. The van der Waals surface area contributed by atoms with Gasteiger partial charge in [0.25, 0.3) is 0 Å². The molecule has 3 heterocycles. The van der Waals surface area contributed by atoms with Crippen LogP contribution >= 0.6 is 0 Å². The lowest BCUT2D eigenvalue weighted by molar-refractivity contribution is 0.0621. The van der Waals surface area contributed by atoms with Crippen LogP contribution in [0.2, 0.25) is 0 Å². The van der Waals surface area contributed by atoms with E-state index in [9.17, 15) is 5.11 Å². The lowest BCUT2D eigenvalue weighted by Gasteiger charge is -2.32. The van der Waals surface area contributed by atoms with Crippen LogP contribution in [0.25, 0.3) is 0 Å². The van der Waals surface area contributed by atoms with Crippen LogP contribution in [0.4, 0.5) is 0 Å². The molecule has 1 N–H and O–H groups in total. The zero-order valence-electron chi connectivity index (χ0n) is 14.7. The summed E-state index contributed by atoms with van der Waals surface area (Å²) in [5.74, 6) is 0. The van der Waals surface area contributed by atoms with Crippen LogP contribution in [0.3, 0.4) is 0 Å². The first-order valence-corrected chi connectivity index (χ1v) is 9.31. The Morgan fingerprint density at radius 3 is 2.88 bits per heavy atom. The molecule has 1 fully saturated rings. The summed E-state index contributed by atoms with van der Waals surface area (Å²) < 4.78 is 1.90. The number of hydrogen-bond donors (Lipinski definition) is 1. The Morgan fingerprint density at radius 1 is 1.16 bits per heavy atom. The molecule has 6 heteroatoms. The predicted octanol–water partition coefficient (Wildman–Crippen LogP) is 1.16. The molecule has 4 rings (SSSR count). The quantitative estimate of drug-likeness (QED) is 0.854. The van der Waals surface area contributed by atoms with E-state index in [1.54, 1.807) is 12.7 Å². The monoisotopic (exact) mass is 341 g/mol. The number of rotatable bonds is 6. The van der Waals surface area contributed by atoms with E-state index in [2.05, 4.69) is 44.1 Å². The number of aliphatic hydroxyl groups is 1. The van der Waals surface area contributed by atoms with Crippen molar-refractivity contribution in [1.82, 2.24) is 24.6 Å². The highest BCUT2D eigenvalue weighted by Gasteiger charge is 2.28. The van der Waals surface area contributed by atoms with Gasteiger partial charge in [0.05, 0.1) is 12.6 Å². The number of aliphatic hydroxyl groups excluding tert-OH is 1. The highest BCUT2D eigenvalue weighted by molar-refractivity contribution is 5.29. The molecule has 6 nitrogen and oxygen atoms in total. The van der Waals surface area contributed by atoms with Crippen molar-refractivity contribution in [2.24, 2.45) is 0 Å². The predicted molar refractivity (Wildman–Crippen MR) is 96.0 cm³/mol. The molecule has 25 heavy (non-hydrogen) atoms. The summed E-state index contributed by atoms with van der Waals surface area (Å²) in [7, 11) is 0. The molecule has 2 aliphatic heterocycles. The summed E-state index contributed by atoms with van der Waals surface area (Å²) in [5, 5.41) is 14.9. The van der Waals surface area contributed by atoms with E-state index in [1.165, 1.54) is 24.0 Å². The summed E-state index contributed by atoms with van der Waals surface area (Å²) in [5.41, 5.74) is 2.87. The molecule has 134 valence electrons. The van der Waals surface area contributed by atoms with Crippen molar-refractivity contribution in [3.05, 3.63) is 48.0 Å². The van der Waals surface area contributed by atoms with Gasteiger partial charge in [0.1, 0.15) is 12.7 Å². The lowest BCUT2D eigenvalue weighted by atomic mass is 10.00. The van der Waals surface area contributed by atoms with Crippen molar-refractivity contribution in [3.8, 4) is 0 Å². The maximum Gasteiger partial charge on any atom is 0.137 e. The first-order valence-electron chi connectivity index (χ1n) is 9.31. The maximum atomic E-state index is 10.6. The number of likely N-dealkylation sites (tertiary alicyclic amines) is 1. The minimum Gasteiger partial charge on any atom is -0.390 e. The molecule has 0 amide bonds. The van der Waals surface area contributed by atoms with E-state index in [1.807, 2.05) is 4.68 Å². The fourth-order valence-electron chi connectivity index (χ4n) is 4.22. The zero-order chi connectivity index (χ0) is 17.1. The molecule has 0 bridgehead atoms. The van der Waals surface area contributed by atoms with Crippen molar-refractivity contribution in [2.45, 2.75) is 44.5 Å². The third-order valence-corrected chi connectivity index (χ3v) is 5.49. The normalized spacial score (nSPS) is 22.8. The van der Waals surface area contributed by atoms with Gasteiger partial charge in [-0.3, -0.25) is 14.5 Å². The maximum absolute atomic E-state index is 10.6. The Hall–Kier alpha value is -1.76. The van der Waals surface area contributed by atoms with E-state index >= 15 is 0 Å². The van der Waals surface area contributed by atoms with E-state index in [4.69, 9.17) is 0 Å².